The van der Waals surface area contributed by atoms with Gasteiger partial charge < -0.3 is 24.3 Å². The Hall–Kier alpha value is -4.48. The summed E-state index contributed by atoms with van der Waals surface area (Å²) in [5, 5.41) is 2.28. The maximum atomic E-state index is 13.1. The van der Waals surface area contributed by atoms with E-state index in [2.05, 4.69) is 29.5 Å². The average molecular weight is 614 g/mol. The first kappa shape index (κ1) is 32.0. The predicted molar refractivity (Wildman–Crippen MR) is 126 cm³/mol. The molecule has 2 amide bonds. The van der Waals surface area contributed by atoms with Crippen molar-refractivity contribution in [3.05, 3.63) is 66.2 Å². The van der Waals surface area contributed by atoms with E-state index in [1.165, 1.54) is 0 Å². The normalized spacial score (nSPS) is 12.0. The Morgan fingerprint density at radius 3 is 1.83 bits per heavy atom. The fraction of sp³-hybridized carbons (Fsp3) is 0.292. The molecule has 0 spiro atoms. The molecule has 0 saturated heterocycles. The van der Waals surface area contributed by atoms with Crippen LogP contribution in [0.2, 0.25) is 0 Å². The van der Waals surface area contributed by atoms with Gasteiger partial charge in [0, 0.05) is 5.69 Å². The Morgan fingerprint density at radius 2 is 1.33 bits per heavy atom. The van der Waals surface area contributed by atoms with Crippen molar-refractivity contribution in [2.45, 2.75) is 25.3 Å². The van der Waals surface area contributed by atoms with Gasteiger partial charge in [0.25, 0.3) is 0 Å². The van der Waals surface area contributed by atoms with Crippen LogP contribution in [0.15, 0.2) is 60.7 Å². The molecule has 0 saturated carbocycles. The van der Waals surface area contributed by atoms with Crippen LogP contribution in [0.1, 0.15) is 5.56 Å². The van der Waals surface area contributed by atoms with Crippen LogP contribution in [0.25, 0.3) is 0 Å². The monoisotopic (exact) mass is 614 g/mol. The van der Waals surface area contributed by atoms with Gasteiger partial charge in [-0.25, -0.2) is 9.69 Å². The second-order valence-corrected chi connectivity index (χ2v) is 8.05. The van der Waals surface area contributed by atoms with Crippen LogP contribution < -0.4 is 24.4 Å². The van der Waals surface area contributed by atoms with E-state index < -0.39 is 68.1 Å². The summed E-state index contributed by atoms with van der Waals surface area (Å²) in [5.41, 5.74) is 0.552. The summed E-state index contributed by atoms with van der Waals surface area (Å²) in [6.45, 7) is -4.57. The highest BCUT2D eigenvalue weighted by atomic mass is 19.4. The molecule has 0 aliphatic heterocycles. The number of halogens is 9. The Balaban J connectivity index is 1.89. The van der Waals surface area contributed by atoms with Gasteiger partial charge in [-0.2, -0.15) is 36.3 Å². The van der Waals surface area contributed by atoms with Gasteiger partial charge in [0.1, 0.15) is 12.5 Å². The van der Waals surface area contributed by atoms with E-state index in [-0.39, 0.29) is 12.3 Å². The molecule has 0 bridgehead atoms. The summed E-state index contributed by atoms with van der Waals surface area (Å²) in [5.74, 6) is -3.16. The summed E-state index contributed by atoms with van der Waals surface area (Å²) in [6, 6.07) is 11.7. The van der Waals surface area contributed by atoms with Gasteiger partial charge in [0.2, 0.25) is 17.7 Å². The van der Waals surface area contributed by atoms with Crippen molar-refractivity contribution in [3.63, 3.8) is 0 Å². The van der Waals surface area contributed by atoms with Gasteiger partial charge in [-0.05, 0) is 29.8 Å². The van der Waals surface area contributed by atoms with Crippen molar-refractivity contribution in [2.75, 3.05) is 30.2 Å². The van der Waals surface area contributed by atoms with Crippen LogP contribution in [0.4, 0.5) is 55.9 Å². The molecule has 0 atom stereocenters. The van der Waals surface area contributed by atoms with Crippen LogP contribution in [-0.2, 0) is 11.3 Å². The number of nitrogens with one attached hydrogen (secondary N) is 1. The summed E-state index contributed by atoms with van der Waals surface area (Å²) in [7, 11) is 0. The first-order valence-electron chi connectivity index (χ1n) is 11.4. The van der Waals surface area contributed by atoms with E-state index in [4.69, 9.17) is 4.74 Å². The number of urea groups is 1. The molecule has 0 aliphatic carbocycles. The predicted octanol–water partition coefficient (Wildman–Crippen LogP) is 6.47. The molecule has 42 heavy (non-hydrogen) atoms. The number of ether oxygens (including phenoxy) is 4. The number of hydrogen-bond acceptors (Lipinski definition) is 7. The lowest BCUT2D eigenvalue weighted by Gasteiger charge is -2.22. The quantitative estimate of drug-likeness (QED) is 0.196. The molecular weight excluding hydrogens is 595 g/mol. The van der Waals surface area contributed by atoms with Crippen molar-refractivity contribution in [1.29, 1.82) is 0 Å². The molecule has 3 rings (SSSR count). The third-order valence-corrected chi connectivity index (χ3v) is 4.59. The number of amides is 2. The molecule has 0 radical (unpaired) electrons. The fourth-order valence-corrected chi connectivity index (χ4v) is 2.94. The number of benzene rings is 2. The highest BCUT2D eigenvalue weighted by Gasteiger charge is 2.32. The minimum Gasteiger partial charge on any atom is -0.468 e. The van der Waals surface area contributed by atoms with Crippen LogP contribution in [-0.4, -0.2) is 54.7 Å². The zero-order chi connectivity index (χ0) is 31.0. The summed E-state index contributed by atoms with van der Waals surface area (Å²) < 4.78 is 132. The van der Waals surface area contributed by atoms with Crippen LogP contribution in [0, 0.1) is 0 Å². The molecule has 228 valence electrons. The number of anilines is 2. The number of alkyl halides is 9. The minimum absolute atomic E-state index is 0.0828. The summed E-state index contributed by atoms with van der Waals surface area (Å²) >= 11 is 0. The third-order valence-electron chi connectivity index (χ3n) is 4.59. The average Bonchev–Trinajstić information content (AvgIpc) is 2.89. The van der Waals surface area contributed by atoms with Crippen molar-refractivity contribution >= 4 is 17.7 Å². The largest absolute Gasteiger partial charge is 0.573 e. The van der Waals surface area contributed by atoms with Crippen molar-refractivity contribution < 1.29 is 63.3 Å². The summed E-state index contributed by atoms with van der Waals surface area (Å²) in [4.78, 5) is 21.1. The molecular formula is C24H19F9N4O5. The van der Waals surface area contributed by atoms with Crippen LogP contribution >= 0.6 is 0 Å². The zero-order valence-electron chi connectivity index (χ0n) is 20.9. The number of nitrogens with zero attached hydrogens (tertiary/aromatic N) is 3. The lowest BCUT2D eigenvalue weighted by atomic mass is 10.2. The van der Waals surface area contributed by atoms with Gasteiger partial charge in [0.15, 0.2) is 13.2 Å². The van der Waals surface area contributed by atoms with Gasteiger partial charge in [0.05, 0.1) is 12.7 Å². The lowest BCUT2D eigenvalue weighted by molar-refractivity contribution is -0.274. The molecule has 1 heterocycles. The van der Waals surface area contributed by atoms with Gasteiger partial charge in [-0.1, -0.05) is 30.3 Å². The molecule has 18 heteroatoms. The lowest BCUT2D eigenvalue weighted by Crippen LogP contribution is -2.38. The van der Waals surface area contributed by atoms with E-state index in [0.717, 1.165) is 24.3 Å². The smallest absolute Gasteiger partial charge is 0.468 e. The van der Waals surface area contributed by atoms with Crippen molar-refractivity contribution in [2.24, 2.45) is 0 Å². The molecule has 2 aromatic carbocycles. The molecule has 3 aromatic rings. The number of aromatic nitrogens is 2. The molecule has 1 aromatic heterocycles. The molecule has 0 fully saturated rings. The molecule has 1 N–H and O–H groups in total. The number of hydrogen-bond donors (Lipinski definition) is 1. The molecule has 0 aliphatic rings. The van der Waals surface area contributed by atoms with Gasteiger partial charge in [-0.15, -0.1) is 13.2 Å². The first-order chi connectivity index (χ1) is 19.6. The van der Waals surface area contributed by atoms with Crippen LogP contribution in [0.5, 0.6) is 17.5 Å². The van der Waals surface area contributed by atoms with E-state index >= 15 is 0 Å². The zero-order valence-corrected chi connectivity index (χ0v) is 20.9. The number of carbonyl (C=O) groups is 1. The second-order valence-electron chi connectivity index (χ2n) is 8.05. The van der Waals surface area contributed by atoms with Gasteiger partial charge in [-0.3, -0.25) is 0 Å². The molecule has 0 unspecified atom stereocenters. The Morgan fingerprint density at radius 1 is 0.786 bits per heavy atom. The standard InChI is InChI=1S/C24H19F9N4O5/c25-22(26,27)12-40-18-10-19(41-13-23(28,29)30)36-20(35-18)37(14-39-11-15-4-2-1-3-5-15)21(38)34-16-6-8-17(9-7-16)42-24(31,32)33/h1-10H,11-14H2,(H,34,38). The Kier molecular flexibility index (Phi) is 10.3. The van der Waals surface area contributed by atoms with Crippen LogP contribution in [0.3, 0.4) is 0 Å². The Bertz CT molecular complexity index is 1270. The minimum atomic E-state index is -4.97. The van der Waals surface area contributed by atoms with Gasteiger partial charge >= 0.3 is 24.7 Å². The number of rotatable bonds is 11. The van der Waals surface area contributed by atoms with Crippen molar-refractivity contribution in [1.82, 2.24) is 9.97 Å². The van der Waals surface area contributed by atoms with E-state index in [0.29, 0.717) is 16.5 Å². The summed E-state index contributed by atoms with van der Waals surface area (Å²) in [6.07, 6.45) is -14.7. The maximum Gasteiger partial charge on any atom is 0.573 e. The fourth-order valence-electron chi connectivity index (χ4n) is 2.94. The van der Waals surface area contributed by atoms with Crippen molar-refractivity contribution in [3.8, 4) is 17.5 Å². The second kappa shape index (κ2) is 13.5. The number of carbonyl (C=O) groups excluding carboxylic acids is 1. The third kappa shape index (κ3) is 11.6. The maximum absolute atomic E-state index is 13.1. The Labute approximate surface area is 230 Å². The SMILES string of the molecule is O=C(Nc1ccc(OC(F)(F)F)cc1)N(COCc1ccccc1)c1nc(OCC(F)(F)F)cc(OCC(F)(F)F)n1. The van der Waals surface area contributed by atoms with E-state index in [1.807, 2.05) is 0 Å². The highest BCUT2D eigenvalue weighted by Crippen LogP contribution is 2.27. The first-order valence-corrected chi connectivity index (χ1v) is 11.4. The topological polar surface area (TPSA) is 95.0 Å². The molecule has 9 nitrogen and oxygen atoms in total. The van der Waals surface area contributed by atoms with E-state index in [1.54, 1.807) is 30.3 Å². The highest BCUT2D eigenvalue weighted by molar-refractivity contribution is 6.00. The van der Waals surface area contributed by atoms with E-state index in [9.17, 15) is 44.3 Å².